The van der Waals surface area contributed by atoms with Crippen LogP contribution in [-0.2, 0) is 6.54 Å². The molecule has 1 aromatic carbocycles. The molecule has 1 aliphatic rings. The number of thiazole rings is 1. The topological polar surface area (TPSA) is 16.8 Å². The molecule has 0 fully saturated rings. The summed E-state index contributed by atoms with van der Waals surface area (Å²) in [6.07, 6.45) is 1.89. The van der Waals surface area contributed by atoms with Crippen molar-refractivity contribution in [2.45, 2.75) is 6.54 Å². The highest BCUT2D eigenvalue weighted by molar-refractivity contribution is 7.42. The zero-order valence-electron chi connectivity index (χ0n) is 9.96. The summed E-state index contributed by atoms with van der Waals surface area (Å²) in [5.74, 6) is 0. The van der Waals surface area contributed by atoms with Crippen molar-refractivity contribution in [2.75, 3.05) is 0 Å². The Morgan fingerprint density at radius 1 is 1.05 bits per heavy atom. The van der Waals surface area contributed by atoms with E-state index in [1.165, 1.54) is 35.9 Å². The van der Waals surface area contributed by atoms with E-state index >= 15 is 0 Å². The molecule has 90 valence electrons. The maximum Gasteiger partial charge on any atom is 0.273 e. The highest BCUT2D eigenvalue weighted by Gasteiger charge is 2.34. The van der Waals surface area contributed by atoms with Crippen molar-refractivity contribution in [1.82, 2.24) is 4.98 Å². The highest BCUT2D eigenvalue weighted by Crippen LogP contribution is 2.41. The molecule has 0 N–H and O–H groups in total. The van der Waals surface area contributed by atoms with Crippen molar-refractivity contribution in [3.05, 3.63) is 48.3 Å². The standard InChI is InChI=1S/C15H9N2S2/c1-2-6-12-10(4-1)13-15(18-12)19-14-9-5-3-7-16-11(9)8-17(13)14/h1-7H,8H2/q+1. The molecule has 0 amide bonds. The molecule has 0 bridgehead atoms. The molecule has 19 heavy (non-hydrogen) atoms. The van der Waals surface area contributed by atoms with Gasteiger partial charge in [-0.25, -0.2) is 0 Å². The Balaban J connectivity index is 1.94. The molecular weight excluding hydrogens is 272 g/mol. The van der Waals surface area contributed by atoms with Gasteiger partial charge in [0.05, 0.1) is 10.9 Å². The Bertz CT molecular complexity index is 949. The van der Waals surface area contributed by atoms with Gasteiger partial charge in [-0.2, -0.15) is 4.57 Å². The van der Waals surface area contributed by atoms with Crippen LogP contribution in [-0.4, -0.2) is 4.98 Å². The van der Waals surface area contributed by atoms with Crippen molar-refractivity contribution in [3.63, 3.8) is 0 Å². The fourth-order valence-corrected chi connectivity index (χ4v) is 5.50. The second kappa shape index (κ2) is 3.40. The van der Waals surface area contributed by atoms with Crippen LogP contribution < -0.4 is 4.57 Å². The van der Waals surface area contributed by atoms with Gasteiger partial charge in [0.25, 0.3) is 5.01 Å². The smallest absolute Gasteiger partial charge is 0.254 e. The molecule has 0 radical (unpaired) electrons. The quantitative estimate of drug-likeness (QED) is 0.394. The Morgan fingerprint density at radius 2 is 2.00 bits per heavy atom. The van der Waals surface area contributed by atoms with Gasteiger partial charge in [0.15, 0.2) is 10.6 Å². The van der Waals surface area contributed by atoms with Crippen molar-refractivity contribution in [2.24, 2.45) is 0 Å². The van der Waals surface area contributed by atoms with Crippen molar-refractivity contribution < 1.29 is 4.57 Å². The SMILES string of the molecule is c1cnc2c(c1)-c1sc3sc4ccccc4c3[n+]1C2. The van der Waals surface area contributed by atoms with Crippen LogP contribution in [0.2, 0.25) is 0 Å². The van der Waals surface area contributed by atoms with Crippen LogP contribution in [0.1, 0.15) is 5.69 Å². The van der Waals surface area contributed by atoms with Gasteiger partial charge >= 0.3 is 0 Å². The van der Waals surface area contributed by atoms with Gasteiger partial charge in [0.2, 0.25) is 5.52 Å². The minimum atomic E-state index is 0.909. The molecule has 0 aliphatic carbocycles. The van der Waals surface area contributed by atoms with Crippen molar-refractivity contribution in [1.29, 1.82) is 0 Å². The summed E-state index contributed by atoms with van der Waals surface area (Å²) in [7, 11) is 0. The third-order valence-electron chi connectivity index (χ3n) is 3.67. The zero-order chi connectivity index (χ0) is 12.4. The van der Waals surface area contributed by atoms with Crippen LogP contribution in [0.5, 0.6) is 0 Å². The van der Waals surface area contributed by atoms with Gasteiger partial charge in [-0.1, -0.05) is 23.5 Å². The fourth-order valence-electron chi connectivity index (χ4n) is 2.84. The summed E-state index contributed by atoms with van der Waals surface area (Å²) in [6, 6.07) is 12.9. The van der Waals surface area contributed by atoms with Crippen LogP contribution >= 0.6 is 22.7 Å². The van der Waals surface area contributed by atoms with E-state index in [0.29, 0.717) is 0 Å². The Hall–Kier alpha value is -1.78. The lowest BCUT2D eigenvalue weighted by Gasteiger charge is -1.88. The summed E-state index contributed by atoms with van der Waals surface area (Å²) in [5.41, 5.74) is 3.89. The first kappa shape index (κ1) is 10.1. The van der Waals surface area contributed by atoms with E-state index < -0.39 is 0 Å². The predicted molar refractivity (Wildman–Crippen MR) is 79.7 cm³/mol. The average Bonchev–Trinajstić information content (AvgIpc) is 3.05. The van der Waals surface area contributed by atoms with Gasteiger partial charge in [0.1, 0.15) is 5.69 Å². The third kappa shape index (κ3) is 1.20. The summed E-state index contributed by atoms with van der Waals surface area (Å²) < 4.78 is 5.23. The van der Waals surface area contributed by atoms with Crippen LogP contribution in [0.3, 0.4) is 0 Å². The van der Waals surface area contributed by atoms with E-state index in [4.69, 9.17) is 0 Å². The monoisotopic (exact) mass is 281 g/mol. The second-order valence-corrected chi connectivity index (χ2v) is 7.03. The number of rotatable bonds is 0. The lowest BCUT2D eigenvalue weighted by atomic mass is 10.2. The van der Waals surface area contributed by atoms with Crippen molar-refractivity contribution >= 4 is 42.3 Å². The molecule has 3 aromatic heterocycles. The van der Waals surface area contributed by atoms with Gasteiger partial charge in [-0.3, -0.25) is 4.98 Å². The third-order valence-corrected chi connectivity index (χ3v) is 6.14. The van der Waals surface area contributed by atoms with Gasteiger partial charge in [-0.15, -0.1) is 11.3 Å². The first-order chi connectivity index (χ1) is 9.42. The first-order valence-corrected chi connectivity index (χ1v) is 7.83. The molecule has 0 saturated carbocycles. The summed E-state index contributed by atoms with van der Waals surface area (Å²) in [6.45, 7) is 0.909. The van der Waals surface area contributed by atoms with Crippen LogP contribution in [0, 0.1) is 0 Å². The first-order valence-electron chi connectivity index (χ1n) is 6.20. The van der Waals surface area contributed by atoms with E-state index in [1.807, 2.05) is 34.9 Å². The number of hydrogen-bond donors (Lipinski definition) is 0. The maximum atomic E-state index is 4.51. The minimum Gasteiger partial charge on any atom is -0.254 e. The number of fused-ring (bicyclic) bond motifs is 7. The van der Waals surface area contributed by atoms with Crippen LogP contribution in [0.15, 0.2) is 42.6 Å². The van der Waals surface area contributed by atoms with E-state index in [1.54, 1.807) is 0 Å². The van der Waals surface area contributed by atoms with Crippen LogP contribution in [0.4, 0.5) is 0 Å². The minimum absolute atomic E-state index is 0.909. The fraction of sp³-hybridized carbons (Fsp3) is 0.0667. The number of thiophene rings is 1. The molecule has 0 atom stereocenters. The van der Waals surface area contributed by atoms with E-state index in [2.05, 4.69) is 39.9 Å². The van der Waals surface area contributed by atoms with E-state index in [0.717, 1.165) is 6.54 Å². The van der Waals surface area contributed by atoms with Crippen LogP contribution in [0.25, 0.3) is 30.2 Å². The molecule has 2 nitrogen and oxygen atoms in total. The Labute approximate surface area is 117 Å². The second-order valence-electron chi connectivity index (χ2n) is 4.73. The summed E-state index contributed by atoms with van der Waals surface area (Å²) in [4.78, 5) is 4.51. The molecule has 5 rings (SSSR count). The normalized spacial score (nSPS) is 13.1. The Kier molecular flexibility index (Phi) is 1.80. The number of pyridine rings is 1. The lowest BCUT2D eigenvalue weighted by molar-refractivity contribution is -0.641. The van der Waals surface area contributed by atoms with E-state index in [-0.39, 0.29) is 0 Å². The number of aromatic nitrogens is 2. The number of benzene rings is 1. The lowest BCUT2D eigenvalue weighted by Crippen LogP contribution is -2.30. The zero-order valence-corrected chi connectivity index (χ0v) is 11.6. The predicted octanol–water partition coefficient (Wildman–Crippen LogP) is 3.83. The summed E-state index contributed by atoms with van der Waals surface area (Å²) in [5, 5.41) is 2.73. The molecule has 0 spiro atoms. The molecule has 0 saturated heterocycles. The Morgan fingerprint density at radius 3 is 3.00 bits per heavy atom. The molecule has 4 heterocycles. The van der Waals surface area contributed by atoms with Gasteiger partial charge < -0.3 is 0 Å². The molecule has 0 unspecified atom stereocenters. The number of hydrogen-bond acceptors (Lipinski definition) is 3. The molecule has 1 aliphatic heterocycles. The molecular formula is C15H9N2S2+. The van der Waals surface area contributed by atoms with Crippen molar-refractivity contribution in [3.8, 4) is 10.6 Å². The average molecular weight is 281 g/mol. The molecule has 4 aromatic rings. The largest absolute Gasteiger partial charge is 0.273 e. The van der Waals surface area contributed by atoms with E-state index in [9.17, 15) is 0 Å². The number of nitrogens with zero attached hydrogens (tertiary/aromatic N) is 2. The summed E-state index contributed by atoms with van der Waals surface area (Å²) >= 11 is 3.79. The highest BCUT2D eigenvalue weighted by atomic mass is 32.2. The maximum absolute atomic E-state index is 4.51. The van der Waals surface area contributed by atoms with Gasteiger partial charge in [0, 0.05) is 10.9 Å². The molecule has 4 heteroatoms. The van der Waals surface area contributed by atoms with Gasteiger partial charge in [-0.05, 0) is 24.3 Å².